The second-order valence-electron chi connectivity index (χ2n) is 7.67. The van der Waals surface area contributed by atoms with Gasteiger partial charge in [0, 0.05) is 31.7 Å². The largest absolute Gasteiger partial charge is 0.393 e. The molecule has 1 atom stereocenters. The molecule has 0 radical (unpaired) electrons. The lowest BCUT2D eigenvalue weighted by molar-refractivity contribution is 0.0556. The Balaban J connectivity index is 2.50. The highest BCUT2D eigenvalue weighted by molar-refractivity contribution is 4.85. The molecule has 1 aliphatic heterocycles. The highest BCUT2D eigenvalue weighted by atomic mass is 16.3. The molecular formula is C16H34N2O. The Morgan fingerprint density at radius 2 is 1.74 bits per heavy atom. The van der Waals surface area contributed by atoms with Gasteiger partial charge in [-0.15, -0.1) is 0 Å². The van der Waals surface area contributed by atoms with E-state index >= 15 is 0 Å². The maximum Gasteiger partial charge on any atom is 0.0564 e. The highest BCUT2D eigenvalue weighted by Gasteiger charge is 2.29. The Morgan fingerprint density at radius 1 is 1.16 bits per heavy atom. The summed E-state index contributed by atoms with van der Waals surface area (Å²) < 4.78 is 0. The highest BCUT2D eigenvalue weighted by Crippen LogP contribution is 2.26. The molecule has 1 heterocycles. The van der Waals surface area contributed by atoms with Crippen LogP contribution in [0, 0.1) is 5.41 Å². The van der Waals surface area contributed by atoms with Crippen LogP contribution in [-0.4, -0.2) is 47.8 Å². The van der Waals surface area contributed by atoms with E-state index in [1.807, 2.05) is 0 Å². The molecular weight excluding hydrogens is 236 g/mol. The van der Waals surface area contributed by atoms with Crippen molar-refractivity contribution in [3.05, 3.63) is 0 Å². The number of aliphatic hydroxyl groups excluding tert-OH is 1. The van der Waals surface area contributed by atoms with E-state index in [1.165, 1.54) is 12.8 Å². The first kappa shape index (κ1) is 16.9. The van der Waals surface area contributed by atoms with Crippen LogP contribution >= 0.6 is 0 Å². The van der Waals surface area contributed by atoms with Gasteiger partial charge in [0.2, 0.25) is 0 Å². The summed E-state index contributed by atoms with van der Waals surface area (Å²) in [6, 6.07) is 0. The van der Waals surface area contributed by atoms with E-state index in [-0.39, 0.29) is 11.6 Å². The molecule has 114 valence electrons. The van der Waals surface area contributed by atoms with E-state index in [1.54, 1.807) is 0 Å². The number of aliphatic hydroxyl groups is 1. The van der Waals surface area contributed by atoms with Crippen molar-refractivity contribution in [1.29, 1.82) is 0 Å². The molecule has 2 N–H and O–H groups in total. The fourth-order valence-electron chi connectivity index (χ4n) is 2.92. The van der Waals surface area contributed by atoms with Crippen LogP contribution in [0.4, 0.5) is 0 Å². The van der Waals surface area contributed by atoms with E-state index in [0.717, 1.165) is 39.0 Å². The summed E-state index contributed by atoms with van der Waals surface area (Å²) in [6.45, 7) is 15.7. The summed E-state index contributed by atoms with van der Waals surface area (Å²) in [4.78, 5) is 2.53. The van der Waals surface area contributed by atoms with Crippen molar-refractivity contribution in [3.8, 4) is 0 Å². The maximum absolute atomic E-state index is 9.60. The zero-order valence-electron chi connectivity index (χ0n) is 13.6. The van der Waals surface area contributed by atoms with Crippen molar-refractivity contribution in [2.75, 3.05) is 26.2 Å². The zero-order chi connectivity index (χ0) is 14.5. The molecule has 0 aliphatic carbocycles. The lowest BCUT2D eigenvalue weighted by atomic mass is 9.83. The van der Waals surface area contributed by atoms with Crippen molar-refractivity contribution in [2.24, 2.45) is 5.41 Å². The lowest BCUT2D eigenvalue weighted by Crippen LogP contribution is -2.49. The summed E-state index contributed by atoms with van der Waals surface area (Å²) in [7, 11) is 0. The smallest absolute Gasteiger partial charge is 0.0564 e. The Bertz CT molecular complexity index is 254. The Labute approximate surface area is 119 Å². The van der Waals surface area contributed by atoms with Gasteiger partial charge in [-0.2, -0.15) is 0 Å². The molecule has 1 saturated heterocycles. The number of hydrogen-bond acceptors (Lipinski definition) is 3. The van der Waals surface area contributed by atoms with Crippen LogP contribution in [0.5, 0.6) is 0 Å². The summed E-state index contributed by atoms with van der Waals surface area (Å²) >= 11 is 0. The maximum atomic E-state index is 9.60. The average molecular weight is 270 g/mol. The van der Waals surface area contributed by atoms with Crippen LogP contribution in [0.1, 0.15) is 60.3 Å². The second kappa shape index (κ2) is 7.05. The SMILES string of the molecule is CCCC(C)(CNC(C)(C)C)CN1CCC(O)CC1. The van der Waals surface area contributed by atoms with Crippen molar-refractivity contribution in [1.82, 2.24) is 10.2 Å². The van der Waals surface area contributed by atoms with Crippen LogP contribution < -0.4 is 5.32 Å². The Hall–Kier alpha value is -0.120. The number of likely N-dealkylation sites (tertiary alicyclic amines) is 1. The third-order valence-corrected chi connectivity index (χ3v) is 4.06. The Kier molecular flexibility index (Phi) is 6.28. The standard InChI is InChI=1S/C16H34N2O/c1-6-9-16(5,12-17-15(2,3)4)13-18-10-7-14(19)8-11-18/h14,17,19H,6-13H2,1-5H3. The fraction of sp³-hybridized carbons (Fsp3) is 1.00. The molecule has 0 aromatic rings. The van der Waals surface area contributed by atoms with E-state index in [2.05, 4.69) is 44.8 Å². The molecule has 1 aliphatic rings. The second-order valence-corrected chi connectivity index (χ2v) is 7.67. The van der Waals surface area contributed by atoms with Crippen molar-refractivity contribution >= 4 is 0 Å². The molecule has 0 aromatic heterocycles. The van der Waals surface area contributed by atoms with Gasteiger partial charge in [-0.05, 0) is 45.4 Å². The minimum absolute atomic E-state index is 0.0682. The van der Waals surface area contributed by atoms with Crippen LogP contribution in [0.3, 0.4) is 0 Å². The summed E-state index contributed by atoms with van der Waals surface area (Å²) in [5.41, 5.74) is 0.525. The van der Waals surface area contributed by atoms with Gasteiger partial charge in [0.1, 0.15) is 0 Å². The number of piperidine rings is 1. The van der Waals surface area contributed by atoms with Gasteiger partial charge in [-0.25, -0.2) is 0 Å². The molecule has 1 unspecified atom stereocenters. The molecule has 19 heavy (non-hydrogen) atoms. The molecule has 3 heteroatoms. The average Bonchev–Trinajstić information content (AvgIpc) is 2.30. The summed E-state index contributed by atoms with van der Waals surface area (Å²) in [6.07, 6.45) is 4.30. The first-order valence-electron chi connectivity index (χ1n) is 7.89. The van der Waals surface area contributed by atoms with Crippen molar-refractivity contribution in [2.45, 2.75) is 71.9 Å². The van der Waals surface area contributed by atoms with Crippen LogP contribution in [0.2, 0.25) is 0 Å². The van der Waals surface area contributed by atoms with Crippen LogP contribution in [0.25, 0.3) is 0 Å². The van der Waals surface area contributed by atoms with E-state index in [9.17, 15) is 5.11 Å². The number of nitrogens with zero attached hydrogens (tertiary/aromatic N) is 1. The third kappa shape index (κ3) is 6.73. The molecule has 0 aromatic carbocycles. The minimum atomic E-state index is -0.0682. The van der Waals surface area contributed by atoms with Gasteiger partial charge in [0.15, 0.2) is 0 Å². The van der Waals surface area contributed by atoms with E-state index in [4.69, 9.17) is 0 Å². The predicted octanol–water partition coefficient (Wildman–Crippen LogP) is 2.64. The topological polar surface area (TPSA) is 35.5 Å². The monoisotopic (exact) mass is 270 g/mol. The van der Waals surface area contributed by atoms with Crippen LogP contribution in [-0.2, 0) is 0 Å². The van der Waals surface area contributed by atoms with Gasteiger partial charge >= 0.3 is 0 Å². The van der Waals surface area contributed by atoms with Crippen LogP contribution in [0.15, 0.2) is 0 Å². The molecule has 1 rings (SSSR count). The lowest BCUT2D eigenvalue weighted by Gasteiger charge is -2.40. The summed E-state index contributed by atoms with van der Waals surface area (Å²) in [5, 5.41) is 13.3. The van der Waals surface area contributed by atoms with Crippen molar-refractivity contribution in [3.63, 3.8) is 0 Å². The van der Waals surface area contributed by atoms with Gasteiger partial charge in [0.25, 0.3) is 0 Å². The summed E-state index contributed by atoms with van der Waals surface area (Å²) in [5.74, 6) is 0. The van der Waals surface area contributed by atoms with Crippen molar-refractivity contribution < 1.29 is 5.11 Å². The van der Waals surface area contributed by atoms with E-state index in [0.29, 0.717) is 5.41 Å². The molecule has 0 spiro atoms. The molecule has 0 bridgehead atoms. The normalized spacial score (nSPS) is 22.4. The quantitative estimate of drug-likeness (QED) is 0.779. The van der Waals surface area contributed by atoms with Gasteiger partial charge in [0.05, 0.1) is 6.10 Å². The zero-order valence-corrected chi connectivity index (χ0v) is 13.6. The van der Waals surface area contributed by atoms with E-state index < -0.39 is 0 Å². The Morgan fingerprint density at radius 3 is 2.21 bits per heavy atom. The molecule has 0 amide bonds. The van der Waals surface area contributed by atoms with Gasteiger partial charge < -0.3 is 15.3 Å². The predicted molar refractivity (Wildman–Crippen MR) is 82.5 cm³/mol. The number of rotatable bonds is 6. The van der Waals surface area contributed by atoms with Gasteiger partial charge in [-0.1, -0.05) is 20.3 Å². The number of nitrogens with one attached hydrogen (secondary N) is 1. The first-order chi connectivity index (χ1) is 8.74. The molecule has 0 saturated carbocycles. The van der Waals surface area contributed by atoms with Gasteiger partial charge in [-0.3, -0.25) is 0 Å². The molecule has 1 fully saturated rings. The minimum Gasteiger partial charge on any atom is -0.393 e. The number of hydrogen-bond donors (Lipinski definition) is 2. The molecule has 3 nitrogen and oxygen atoms in total. The third-order valence-electron chi connectivity index (χ3n) is 4.06. The fourth-order valence-corrected chi connectivity index (χ4v) is 2.92. The first-order valence-corrected chi connectivity index (χ1v) is 7.89.